The summed E-state index contributed by atoms with van der Waals surface area (Å²) in [7, 11) is 0. The fourth-order valence-electron chi connectivity index (χ4n) is 0.928. The van der Waals surface area contributed by atoms with Gasteiger partial charge in [-0.3, -0.25) is 14.4 Å². The molecule has 0 aromatic heterocycles. The molecule has 0 saturated heterocycles. The van der Waals surface area contributed by atoms with Crippen molar-refractivity contribution in [3.63, 3.8) is 0 Å². The molecule has 0 aliphatic carbocycles. The number of carbonyl (C=O) groups is 4. The quantitative estimate of drug-likeness (QED) is 0.383. The van der Waals surface area contributed by atoms with Crippen molar-refractivity contribution < 1.29 is 42.1 Å². The van der Waals surface area contributed by atoms with Crippen LogP contribution in [0.1, 0.15) is 15.7 Å². The van der Waals surface area contributed by atoms with Gasteiger partial charge in [-0.1, -0.05) is 0 Å². The Bertz CT molecular complexity index is 292. The minimum absolute atomic E-state index is 0. The Labute approximate surface area is 122 Å². The largest absolute Gasteiger partial charge is 2.00 e. The van der Waals surface area contributed by atoms with Gasteiger partial charge in [0.1, 0.15) is 0 Å². The first-order chi connectivity index (χ1) is 6.84. The second-order valence-corrected chi connectivity index (χ2v) is 2.65. The molecular formula is C7H10CaO8. The maximum Gasteiger partial charge on any atom is 2.00 e. The summed E-state index contributed by atoms with van der Waals surface area (Å²) < 4.78 is 4.07. The normalized spacial score (nSPS) is 9.75. The van der Waals surface area contributed by atoms with Gasteiger partial charge in [-0.05, 0) is 0 Å². The van der Waals surface area contributed by atoms with Gasteiger partial charge in [-0.2, -0.15) is 0 Å². The molecular weight excluding hydrogens is 252 g/mol. The fourth-order valence-corrected chi connectivity index (χ4v) is 0.928. The van der Waals surface area contributed by atoms with Crippen LogP contribution >= 0.6 is 0 Å². The van der Waals surface area contributed by atoms with Crippen molar-refractivity contribution in [2.24, 2.45) is 0 Å². The van der Waals surface area contributed by atoms with Gasteiger partial charge in [-0.15, -0.1) is 0 Å². The third-order valence-electron chi connectivity index (χ3n) is 1.54. The molecule has 0 aromatic rings. The number of aliphatic carboxylic acids is 3. The summed E-state index contributed by atoms with van der Waals surface area (Å²) in [5.74, 6) is -4.99. The molecule has 0 aromatic carbocycles. The van der Waals surface area contributed by atoms with Crippen molar-refractivity contribution in [1.29, 1.82) is 0 Å². The Morgan fingerprint density at radius 3 is 1.69 bits per heavy atom. The van der Waals surface area contributed by atoms with Gasteiger partial charge < -0.3 is 22.9 Å². The maximum atomic E-state index is 10.7. The minimum Gasteiger partial charge on any atom is -1.00 e. The van der Waals surface area contributed by atoms with E-state index in [0.717, 1.165) is 0 Å². The average Bonchev–Trinajstić information content (AvgIpc) is 2.01. The van der Waals surface area contributed by atoms with Crippen LogP contribution in [0.3, 0.4) is 0 Å². The number of ether oxygens (including phenoxy) is 1. The van der Waals surface area contributed by atoms with Gasteiger partial charge in [0, 0.05) is 0 Å². The van der Waals surface area contributed by atoms with E-state index < -0.39 is 36.4 Å². The topological polar surface area (TPSA) is 138 Å². The predicted octanol–water partition coefficient (Wildman–Crippen LogP) is -1.22. The summed E-state index contributed by atoms with van der Waals surface area (Å²) in [4.78, 5) is 41.3. The minimum atomic E-state index is -2.56. The number of hydrogen-bond acceptors (Lipinski definition) is 5. The smallest absolute Gasteiger partial charge is 1.00 e. The number of carboxylic acids is 3. The van der Waals surface area contributed by atoms with Crippen molar-refractivity contribution in [2.45, 2.75) is 18.4 Å². The summed E-state index contributed by atoms with van der Waals surface area (Å²) in [6, 6.07) is 0. The van der Waals surface area contributed by atoms with Crippen LogP contribution in [-0.2, 0) is 23.9 Å². The van der Waals surface area contributed by atoms with E-state index in [4.69, 9.17) is 15.3 Å². The molecule has 0 aliphatic heterocycles. The van der Waals surface area contributed by atoms with Crippen molar-refractivity contribution >= 4 is 62.1 Å². The summed E-state index contributed by atoms with van der Waals surface area (Å²) in [6.45, 7) is -0.292. The molecule has 0 amide bonds. The van der Waals surface area contributed by atoms with E-state index in [9.17, 15) is 19.2 Å². The van der Waals surface area contributed by atoms with E-state index in [0.29, 0.717) is 0 Å². The number of carboxylic acid groups (broad SMARTS) is 3. The molecule has 0 rings (SSSR count). The molecule has 8 nitrogen and oxygen atoms in total. The van der Waals surface area contributed by atoms with Crippen LogP contribution in [0.5, 0.6) is 0 Å². The standard InChI is InChI=1S/C7H8O8.Ca.2H/c8-3-15-7(6(13)14,1-4(9)10)2-5(11)12;;;/h3H,1-2H2,(H,9,10)(H,11,12)(H,13,14);;;/q;+2;2*-1. The van der Waals surface area contributed by atoms with Gasteiger partial charge in [0.2, 0.25) is 5.60 Å². The van der Waals surface area contributed by atoms with Crippen LogP contribution in [0.15, 0.2) is 0 Å². The molecule has 0 heterocycles. The number of carbonyl (C=O) groups excluding carboxylic acids is 1. The first-order valence-electron chi connectivity index (χ1n) is 3.62. The van der Waals surface area contributed by atoms with E-state index in [2.05, 4.69) is 4.74 Å². The molecule has 0 atom stereocenters. The molecule has 0 bridgehead atoms. The molecule has 0 spiro atoms. The van der Waals surface area contributed by atoms with Crippen molar-refractivity contribution in [2.75, 3.05) is 0 Å². The Morgan fingerprint density at radius 1 is 1.12 bits per heavy atom. The molecule has 0 fully saturated rings. The van der Waals surface area contributed by atoms with E-state index in [-0.39, 0.29) is 47.1 Å². The van der Waals surface area contributed by atoms with Crippen molar-refractivity contribution in [1.82, 2.24) is 0 Å². The molecule has 0 aliphatic rings. The van der Waals surface area contributed by atoms with Crippen LogP contribution in [0.25, 0.3) is 0 Å². The van der Waals surface area contributed by atoms with E-state index in [1.54, 1.807) is 0 Å². The first kappa shape index (κ1) is 17.5. The zero-order valence-corrected chi connectivity index (χ0v) is 10.3. The Hall–Kier alpha value is -0.860. The molecule has 9 heteroatoms. The van der Waals surface area contributed by atoms with Gasteiger partial charge in [0.25, 0.3) is 6.47 Å². The van der Waals surface area contributed by atoms with Crippen LogP contribution in [-0.4, -0.2) is 83.0 Å². The maximum absolute atomic E-state index is 10.7. The molecule has 16 heavy (non-hydrogen) atoms. The van der Waals surface area contributed by atoms with Crippen LogP contribution in [0.4, 0.5) is 0 Å². The van der Waals surface area contributed by atoms with Crippen LogP contribution in [0.2, 0.25) is 0 Å². The molecule has 88 valence electrons. The molecule has 0 saturated carbocycles. The van der Waals surface area contributed by atoms with Crippen molar-refractivity contribution in [3.05, 3.63) is 0 Å². The van der Waals surface area contributed by atoms with Gasteiger partial charge in [-0.25, -0.2) is 4.79 Å². The summed E-state index contributed by atoms with van der Waals surface area (Å²) in [6.07, 6.45) is -2.24. The zero-order chi connectivity index (χ0) is 12.1. The Balaban J connectivity index is -0.000000327. The summed E-state index contributed by atoms with van der Waals surface area (Å²) in [5.41, 5.74) is -2.56. The molecule has 0 unspecified atom stereocenters. The van der Waals surface area contributed by atoms with Crippen LogP contribution < -0.4 is 0 Å². The second-order valence-electron chi connectivity index (χ2n) is 2.65. The summed E-state index contributed by atoms with van der Waals surface area (Å²) >= 11 is 0. The van der Waals surface area contributed by atoms with Gasteiger partial charge in [0.15, 0.2) is 0 Å². The first-order valence-corrected chi connectivity index (χ1v) is 3.62. The zero-order valence-electron chi connectivity index (χ0n) is 10.1. The Morgan fingerprint density at radius 2 is 1.50 bits per heavy atom. The monoisotopic (exact) mass is 262 g/mol. The molecule has 3 N–H and O–H groups in total. The number of rotatable bonds is 7. The second kappa shape index (κ2) is 7.42. The SMILES string of the molecule is O=COC(CC(=O)O)(CC(=O)O)C(=O)O.[Ca+2].[H-].[H-]. The average molecular weight is 262 g/mol. The van der Waals surface area contributed by atoms with E-state index in [1.165, 1.54) is 0 Å². The fraction of sp³-hybridized carbons (Fsp3) is 0.429. The molecule has 0 radical (unpaired) electrons. The van der Waals surface area contributed by atoms with E-state index in [1.807, 2.05) is 0 Å². The number of hydrogen-bond donors (Lipinski definition) is 3. The summed E-state index contributed by atoms with van der Waals surface area (Å²) in [5, 5.41) is 25.4. The van der Waals surface area contributed by atoms with Gasteiger partial charge in [0.05, 0.1) is 12.8 Å². The van der Waals surface area contributed by atoms with Gasteiger partial charge >= 0.3 is 55.6 Å². The third-order valence-corrected chi connectivity index (χ3v) is 1.54. The third kappa shape index (κ3) is 5.29. The van der Waals surface area contributed by atoms with E-state index >= 15 is 0 Å². The van der Waals surface area contributed by atoms with Crippen molar-refractivity contribution in [3.8, 4) is 0 Å². The predicted molar refractivity (Wildman–Crippen MR) is 50.0 cm³/mol. The van der Waals surface area contributed by atoms with Crippen LogP contribution in [0, 0.1) is 0 Å². The Kier molecular flexibility index (Phi) is 8.13.